The molecule has 128 valence electrons. The van der Waals surface area contributed by atoms with Crippen molar-refractivity contribution in [2.45, 2.75) is 6.92 Å². The first-order chi connectivity index (χ1) is 11.9. The maximum Gasteiger partial charge on any atom is 0.329 e. The van der Waals surface area contributed by atoms with Crippen LogP contribution >= 0.6 is 11.6 Å². The number of carbonyl (C=O) groups is 2. The number of aryl methyl sites for hydroxylation is 1. The Balaban J connectivity index is 1.92. The van der Waals surface area contributed by atoms with Crippen LogP contribution in [-0.4, -0.2) is 23.0 Å². The number of hydrazone groups is 1. The molecule has 2 rings (SSSR count). The molecule has 0 aliphatic heterocycles. The van der Waals surface area contributed by atoms with Crippen molar-refractivity contribution in [1.82, 2.24) is 5.43 Å². The van der Waals surface area contributed by atoms with E-state index in [0.717, 1.165) is 0 Å². The van der Waals surface area contributed by atoms with Gasteiger partial charge in [-0.2, -0.15) is 5.10 Å². The van der Waals surface area contributed by atoms with Gasteiger partial charge in [-0.1, -0.05) is 11.6 Å². The largest absolute Gasteiger partial charge is 0.329 e. The topological polar surface area (TPSA) is 114 Å². The van der Waals surface area contributed by atoms with Gasteiger partial charge in [0.15, 0.2) is 0 Å². The van der Waals surface area contributed by atoms with Crippen LogP contribution in [0, 0.1) is 17.0 Å². The molecule has 2 aromatic carbocycles. The van der Waals surface area contributed by atoms with Gasteiger partial charge >= 0.3 is 11.8 Å². The number of nitro benzene ring substituents is 1. The first-order valence-electron chi connectivity index (χ1n) is 7.02. The third-order valence-electron chi connectivity index (χ3n) is 3.13. The van der Waals surface area contributed by atoms with Crippen molar-refractivity contribution >= 4 is 41.0 Å². The van der Waals surface area contributed by atoms with Gasteiger partial charge in [-0.05, 0) is 48.4 Å². The molecule has 0 unspecified atom stereocenters. The predicted octanol–water partition coefficient (Wildman–Crippen LogP) is 2.65. The van der Waals surface area contributed by atoms with E-state index in [2.05, 4.69) is 15.8 Å². The molecule has 0 aliphatic rings. The highest BCUT2D eigenvalue weighted by Crippen LogP contribution is 2.19. The van der Waals surface area contributed by atoms with E-state index in [9.17, 15) is 19.7 Å². The van der Waals surface area contributed by atoms with Crippen molar-refractivity contribution in [3.05, 3.63) is 68.7 Å². The molecule has 2 N–H and O–H groups in total. The lowest BCUT2D eigenvalue weighted by Gasteiger charge is -2.07. The fourth-order valence-electron chi connectivity index (χ4n) is 1.84. The molecular formula is C16H13ClN4O4. The van der Waals surface area contributed by atoms with Gasteiger partial charge in [-0.15, -0.1) is 0 Å². The van der Waals surface area contributed by atoms with Crippen LogP contribution in [0.4, 0.5) is 11.4 Å². The summed E-state index contributed by atoms with van der Waals surface area (Å²) in [6.45, 7) is 1.74. The lowest BCUT2D eigenvalue weighted by Crippen LogP contribution is -2.32. The molecule has 0 fully saturated rings. The van der Waals surface area contributed by atoms with Crippen LogP contribution in [0.25, 0.3) is 0 Å². The summed E-state index contributed by atoms with van der Waals surface area (Å²) < 4.78 is 0. The Morgan fingerprint density at radius 1 is 1.16 bits per heavy atom. The average molecular weight is 361 g/mol. The number of amides is 2. The van der Waals surface area contributed by atoms with Gasteiger partial charge in [0.05, 0.1) is 11.1 Å². The number of nitro groups is 1. The molecule has 0 aliphatic carbocycles. The standard InChI is InChI=1S/C16H13ClN4O4/c1-10-8-12(17)4-7-14(10)19-15(22)16(23)20-18-9-11-2-5-13(6-3-11)21(24)25/h2-9H,1H3,(H,19,22)(H,20,23). The molecule has 0 aromatic heterocycles. The van der Waals surface area contributed by atoms with Crippen LogP contribution in [0.2, 0.25) is 5.02 Å². The van der Waals surface area contributed by atoms with Gasteiger partial charge in [0.25, 0.3) is 5.69 Å². The second kappa shape index (κ2) is 8.02. The number of anilines is 1. The Kier molecular flexibility index (Phi) is 5.80. The summed E-state index contributed by atoms with van der Waals surface area (Å²) in [4.78, 5) is 33.5. The Hall–Kier alpha value is -3.26. The molecule has 0 bridgehead atoms. The molecule has 0 saturated heterocycles. The van der Waals surface area contributed by atoms with Gasteiger partial charge in [-0.25, -0.2) is 5.43 Å². The number of rotatable bonds is 4. The molecule has 0 heterocycles. The fraction of sp³-hybridized carbons (Fsp3) is 0.0625. The highest BCUT2D eigenvalue weighted by molar-refractivity contribution is 6.39. The number of halogens is 1. The zero-order valence-electron chi connectivity index (χ0n) is 13.0. The minimum absolute atomic E-state index is 0.0566. The van der Waals surface area contributed by atoms with E-state index in [1.807, 2.05) is 0 Å². The van der Waals surface area contributed by atoms with Crippen molar-refractivity contribution < 1.29 is 14.5 Å². The quantitative estimate of drug-likeness (QED) is 0.377. The summed E-state index contributed by atoms with van der Waals surface area (Å²) in [5, 5.41) is 17.2. The molecule has 25 heavy (non-hydrogen) atoms. The zero-order valence-corrected chi connectivity index (χ0v) is 13.8. The van der Waals surface area contributed by atoms with E-state index >= 15 is 0 Å². The summed E-state index contributed by atoms with van der Waals surface area (Å²) in [6, 6.07) is 10.4. The van der Waals surface area contributed by atoms with E-state index in [-0.39, 0.29) is 5.69 Å². The van der Waals surface area contributed by atoms with Crippen molar-refractivity contribution in [3.8, 4) is 0 Å². The highest BCUT2D eigenvalue weighted by atomic mass is 35.5. The number of nitrogens with one attached hydrogen (secondary N) is 2. The van der Waals surface area contributed by atoms with E-state index in [0.29, 0.717) is 21.8 Å². The monoisotopic (exact) mass is 360 g/mol. The maximum atomic E-state index is 11.8. The fourth-order valence-corrected chi connectivity index (χ4v) is 2.07. The molecular weight excluding hydrogens is 348 g/mol. The summed E-state index contributed by atoms with van der Waals surface area (Å²) in [5.41, 5.74) is 3.72. The van der Waals surface area contributed by atoms with E-state index in [4.69, 9.17) is 11.6 Å². The lowest BCUT2D eigenvalue weighted by atomic mass is 10.2. The molecule has 2 amide bonds. The third kappa shape index (κ3) is 5.11. The van der Waals surface area contributed by atoms with Gasteiger partial charge in [0, 0.05) is 22.8 Å². The summed E-state index contributed by atoms with van der Waals surface area (Å²) in [7, 11) is 0. The van der Waals surface area contributed by atoms with Crippen molar-refractivity contribution in [1.29, 1.82) is 0 Å². The molecule has 8 nitrogen and oxygen atoms in total. The Morgan fingerprint density at radius 2 is 1.84 bits per heavy atom. The van der Waals surface area contributed by atoms with Crippen molar-refractivity contribution in [2.75, 3.05) is 5.32 Å². The van der Waals surface area contributed by atoms with E-state index in [1.165, 1.54) is 30.5 Å². The van der Waals surface area contributed by atoms with Crippen LogP contribution in [0.1, 0.15) is 11.1 Å². The number of benzene rings is 2. The van der Waals surface area contributed by atoms with E-state index < -0.39 is 16.7 Å². The van der Waals surface area contributed by atoms with Crippen molar-refractivity contribution in [2.24, 2.45) is 5.10 Å². The van der Waals surface area contributed by atoms with Crippen LogP contribution in [0.5, 0.6) is 0 Å². The molecule has 0 atom stereocenters. The van der Waals surface area contributed by atoms with Gasteiger partial charge < -0.3 is 5.32 Å². The third-order valence-corrected chi connectivity index (χ3v) is 3.36. The lowest BCUT2D eigenvalue weighted by molar-refractivity contribution is -0.384. The first kappa shape index (κ1) is 18.1. The molecule has 0 saturated carbocycles. The molecule has 2 aromatic rings. The van der Waals surface area contributed by atoms with E-state index in [1.54, 1.807) is 25.1 Å². The summed E-state index contributed by atoms with van der Waals surface area (Å²) >= 11 is 5.82. The van der Waals surface area contributed by atoms with Gasteiger partial charge in [-0.3, -0.25) is 19.7 Å². The number of carbonyl (C=O) groups excluding carboxylic acids is 2. The van der Waals surface area contributed by atoms with Crippen LogP contribution < -0.4 is 10.7 Å². The van der Waals surface area contributed by atoms with Gasteiger partial charge in [0.2, 0.25) is 0 Å². The highest BCUT2D eigenvalue weighted by Gasteiger charge is 2.14. The van der Waals surface area contributed by atoms with Crippen LogP contribution in [0.15, 0.2) is 47.6 Å². The molecule has 0 spiro atoms. The van der Waals surface area contributed by atoms with Crippen molar-refractivity contribution in [3.63, 3.8) is 0 Å². The number of hydrogen-bond donors (Lipinski definition) is 2. The number of nitrogens with zero attached hydrogens (tertiary/aromatic N) is 2. The summed E-state index contributed by atoms with van der Waals surface area (Å²) in [6.07, 6.45) is 1.27. The second-order valence-electron chi connectivity index (χ2n) is 4.96. The Bertz CT molecular complexity index is 850. The molecule has 0 radical (unpaired) electrons. The van der Waals surface area contributed by atoms with Crippen LogP contribution in [-0.2, 0) is 9.59 Å². The first-order valence-corrected chi connectivity index (χ1v) is 7.39. The minimum atomic E-state index is -0.951. The predicted molar refractivity (Wildman–Crippen MR) is 93.7 cm³/mol. The average Bonchev–Trinajstić information content (AvgIpc) is 2.57. The Labute approximate surface area is 147 Å². The number of non-ortho nitro benzene ring substituents is 1. The summed E-state index contributed by atoms with van der Waals surface area (Å²) in [5.74, 6) is -1.83. The van der Waals surface area contributed by atoms with Crippen LogP contribution in [0.3, 0.4) is 0 Å². The number of hydrogen-bond acceptors (Lipinski definition) is 5. The molecule has 9 heteroatoms. The minimum Gasteiger partial charge on any atom is -0.317 e. The SMILES string of the molecule is Cc1cc(Cl)ccc1NC(=O)C(=O)NN=Cc1ccc([N+](=O)[O-])cc1. The smallest absolute Gasteiger partial charge is 0.317 e. The second-order valence-corrected chi connectivity index (χ2v) is 5.40. The maximum absolute atomic E-state index is 11.8. The Morgan fingerprint density at radius 3 is 2.44 bits per heavy atom. The zero-order chi connectivity index (χ0) is 18.4. The van der Waals surface area contributed by atoms with Gasteiger partial charge in [0.1, 0.15) is 0 Å². The normalized spacial score (nSPS) is 10.5.